The smallest absolute Gasteiger partial charge is 0.317 e. The van der Waals surface area contributed by atoms with E-state index >= 15 is 0 Å². The largest absolute Gasteiger partial charge is 0.466 e. The number of ether oxygens (including phenoxy) is 1. The molecular weight excluding hydrogens is 312 g/mol. The second-order valence-electron chi connectivity index (χ2n) is 5.41. The maximum absolute atomic E-state index is 12.1. The van der Waals surface area contributed by atoms with Crippen molar-refractivity contribution in [3.05, 3.63) is 30.3 Å². The number of piperidine rings is 1. The standard InChI is InChI=1S/C17H24N2O3S/c1-2-22-16(20)14-8-11-19(12-9-14)17(21)18-10-13-23-15-6-4-3-5-7-15/h3-7,14H,2,8-13H2,1H3,(H,18,21). The van der Waals surface area contributed by atoms with E-state index in [4.69, 9.17) is 4.74 Å². The fourth-order valence-corrected chi connectivity index (χ4v) is 3.32. The Bertz CT molecular complexity index is 502. The maximum atomic E-state index is 12.1. The van der Waals surface area contributed by atoms with E-state index in [0.29, 0.717) is 39.1 Å². The molecule has 6 heteroatoms. The molecule has 0 radical (unpaired) electrons. The monoisotopic (exact) mass is 336 g/mol. The number of esters is 1. The number of carbonyl (C=O) groups excluding carboxylic acids is 2. The zero-order chi connectivity index (χ0) is 16.5. The molecule has 126 valence electrons. The minimum atomic E-state index is -0.133. The van der Waals surface area contributed by atoms with Gasteiger partial charge < -0.3 is 15.0 Å². The first-order chi connectivity index (χ1) is 11.2. The molecule has 0 saturated carbocycles. The van der Waals surface area contributed by atoms with Crippen LogP contribution < -0.4 is 5.32 Å². The lowest BCUT2D eigenvalue weighted by atomic mass is 9.97. The van der Waals surface area contributed by atoms with Gasteiger partial charge in [0.15, 0.2) is 0 Å². The molecule has 0 spiro atoms. The van der Waals surface area contributed by atoms with Gasteiger partial charge in [-0.1, -0.05) is 18.2 Å². The third kappa shape index (κ3) is 5.78. The minimum absolute atomic E-state index is 0.0408. The van der Waals surface area contributed by atoms with E-state index in [1.165, 1.54) is 4.90 Å². The topological polar surface area (TPSA) is 58.6 Å². The molecule has 0 aliphatic carbocycles. The van der Waals surface area contributed by atoms with Crippen molar-refractivity contribution < 1.29 is 14.3 Å². The van der Waals surface area contributed by atoms with Crippen molar-refractivity contribution >= 4 is 23.8 Å². The van der Waals surface area contributed by atoms with Crippen LogP contribution in [0.5, 0.6) is 0 Å². The van der Waals surface area contributed by atoms with Crippen molar-refractivity contribution in [1.29, 1.82) is 0 Å². The second-order valence-corrected chi connectivity index (χ2v) is 6.58. The SMILES string of the molecule is CCOC(=O)C1CCN(C(=O)NCCSc2ccccc2)CC1. The van der Waals surface area contributed by atoms with Gasteiger partial charge in [0, 0.05) is 30.3 Å². The summed E-state index contributed by atoms with van der Waals surface area (Å²) >= 11 is 1.72. The Morgan fingerprint density at radius 3 is 2.61 bits per heavy atom. The van der Waals surface area contributed by atoms with Gasteiger partial charge >= 0.3 is 12.0 Å². The van der Waals surface area contributed by atoms with Crippen LogP contribution in [-0.2, 0) is 9.53 Å². The highest BCUT2D eigenvalue weighted by atomic mass is 32.2. The summed E-state index contributed by atoms with van der Waals surface area (Å²) in [6.07, 6.45) is 1.37. The van der Waals surface area contributed by atoms with Crippen LogP contribution in [0.1, 0.15) is 19.8 Å². The molecule has 2 rings (SSSR count). The highest BCUT2D eigenvalue weighted by Crippen LogP contribution is 2.19. The summed E-state index contributed by atoms with van der Waals surface area (Å²) in [5.74, 6) is 0.647. The van der Waals surface area contributed by atoms with Crippen molar-refractivity contribution in [3.8, 4) is 0 Å². The van der Waals surface area contributed by atoms with E-state index in [2.05, 4.69) is 17.4 Å². The first-order valence-corrected chi connectivity index (χ1v) is 9.06. The van der Waals surface area contributed by atoms with Gasteiger partial charge in [0.2, 0.25) is 0 Å². The summed E-state index contributed by atoms with van der Waals surface area (Å²) in [5.41, 5.74) is 0. The Morgan fingerprint density at radius 1 is 1.26 bits per heavy atom. The number of urea groups is 1. The predicted molar refractivity (Wildman–Crippen MR) is 91.5 cm³/mol. The average Bonchev–Trinajstić information content (AvgIpc) is 2.60. The number of thioether (sulfide) groups is 1. The van der Waals surface area contributed by atoms with Crippen LogP contribution >= 0.6 is 11.8 Å². The van der Waals surface area contributed by atoms with Crippen molar-refractivity contribution in [1.82, 2.24) is 10.2 Å². The Labute approximate surface area is 141 Å². The second kappa shape index (κ2) is 9.45. The molecule has 1 fully saturated rings. The Balaban J connectivity index is 1.62. The van der Waals surface area contributed by atoms with Crippen molar-refractivity contribution in [2.45, 2.75) is 24.7 Å². The molecule has 1 saturated heterocycles. The van der Waals surface area contributed by atoms with Crippen LogP contribution in [-0.4, -0.2) is 48.9 Å². The lowest BCUT2D eigenvalue weighted by Crippen LogP contribution is -2.46. The Hall–Kier alpha value is -1.69. The summed E-state index contributed by atoms with van der Waals surface area (Å²) in [4.78, 5) is 26.8. The van der Waals surface area contributed by atoms with Crippen LogP contribution in [0.15, 0.2) is 35.2 Å². The number of hydrogen-bond donors (Lipinski definition) is 1. The third-order valence-corrected chi connectivity index (χ3v) is 4.81. The summed E-state index contributed by atoms with van der Waals surface area (Å²) in [7, 11) is 0. The average molecular weight is 336 g/mol. The lowest BCUT2D eigenvalue weighted by molar-refractivity contribution is -0.149. The molecule has 1 aromatic carbocycles. The van der Waals surface area contributed by atoms with Gasteiger partial charge in [0.25, 0.3) is 0 Å². The van der Waals surface area contributed by atoms with Crippen LogP contribution in [0.2, 0.25) is 0 Å². The van der Waals surface area contributed by atoms with E-state index in [9.17, 15) is 9.59 Å². The summed E-state index contributed by atoms with van der Waals surface area (Å²) < 4.78 is 5.04. The van der Waals surface area contributed by atoms with Gasteiger partial charge in [-0.15, -0.1) is 11.8 Å². The molecule has 1 N–H and O–H groups in total. The molecule has 5 nitrogen and oxygen atoms in total. The van der Waals surface area contributed by atoms with E-state index in [1.807, 2.05) is 25.1 Å². The van der Waals surface area contributed by atoms with Crippen molar-refractivity contribution in [3.63, 3.8) is 0 Å². The number of nitrogens with zero attached hydrogens (tertiary/aromatic N) is 1. The molecule has 1 heterocycles. The van der Waals surface area contributed by atoms with Gasteiger partial charge in [-0.05, 0) is 31.9 Å². The molecule has 0 bridgehead atoms. The van der Waals surface area contributed by atoms with E-state index in [1.54, 1.807) is 16.7 Å². The van der Waals surface area contributed by atoms with Gasteiger partial charge in [0.1, 0.15) is 0 Å². The normalized spacial score (nSPS) is 15.3. The summed E-state index contributed by atoms with van der Waals surface area (Å²) in [6, 6.07) is 10.1. The number of hydrogen-bond acceptors (Lipinski definition) is 4. The number of carbonyl (C=O) groups is 2. The van der Waals surface area contributed by atoms with Gasteiger partial charge in [-0.2, -0.15) is 0 Å². The van der Waals surface area contributed by atoms with Crippen molar-refractivity contribution in [2.24, 2.45) is 5.92 Å². The number of benzene rings is 1. The van der Waals surface area contributed by atoms with Crippen LogP contribution in [0.25, 0.3) is 0 Å². The zero-order valence-electron chi connectivity index (χ0n) is 13.5. The highest BCUT2D eigenvalue weighted by molar-refractivity contribution is 7.99. The summed E-state index contributed by atoms with van der Waals surface area (Å²) in [5, 5.41) is 2.94. The molecule has 0 aromatic heterocycles. The molecular formula is C17H24N2O3S. The number of likely N-dealkylation sites (tertiary alicyclic amines) is 1. The first kappa shape index (κ1) is 17.7. The van der Waals surface area contributed by atoms with Crippen LogP contribution in [0, 0.1) is 5.92 Å². The van der Waals surface area contributed by atoms with Crippen LogP contribution in [0.4, 0.5) is 4.79 Å². The fraction of sp³-hybridized carbons (Fsp3) is 0.529. The number of amides is 2. The highest BCUT2D eigenvalue weighted by Gasteiger charge is 2.27. The van der Waals surface area contributed by atoms with Gasteiger partial charge in [-0.3, -0.25) is 4.79 Å². The number of nitrogens with one attached hydrogen (secondary N) is 1. The van der Waals surface area contributed by atoms with Crippen LogP contribution in [0.3, 0.4) is 0 Å². The molecule has 23 heavy (non-hydrogen) atoms. The minimum Gasteiger partial charge on any atom is -0.466 e. The summed E-state index contributed by atoms with van der Waals surface area (Å²) in [6.45, 7) is 4.09. The Kier molecular flexibility index (Phi) is 7.26. The molecule has 1 aromatic rings. The van der Waals surface area contributed by atoms with Gasteiger partial charge in [0.05, 0.1) is 12.5 Å². The van der Waals surface area contributed by atoms with E-state index in [-0.39, 0.29) is 17.9 Å². The quantitative estimate of drug-likeness (QED) is 0.493. The molecule has 0 atom stereocenters. The zero-order valence-corrected chi connectivity index (χ0v) is 14.3. The third-order valence-electron chi connectivity index (χ3n) is 3.79. The van der Waals surface area contributed by atoms with E-state index < -0.39 is 0 Å². The first-order valence-electron chi connectivity index (χ1n) is 8.08. The van der Waals surface area contributed by atoms with Gasteiger partial charge in [-0.25, -0.2) is 4.79 Å². The predicted octanol–water partition coefficient (Wildman–Crippen LogP) is 2.76. The molecule has 2 amide bonds. The maximum Gasteiger partial charge on any atom is 0.317 e. The van der Waals surface area contributed by atoms with E-state index in [0.717, 1.165) is 5.75 Å². The molecule has 0 unspecified atom stereocenters. The Morgan fingerprint density at radius 2 is 1.96 bits per heavy atom. The van der Waals surface area contributed by atoms with Crippen molar-refractivity contribution in [2.75, 3.05) is 32.0 Å². The number of rotatable bonds is 6. The fourth-order valence-electron chi connectivity index (χ4n) is 2.53. The molecule has 1 aliphatic rings. The lowest BCUT2D eigenvalue weighted by Gasteiger charge is -2.30. The molecule has 1 aliphatic heterocycles.